The number of nitrogens with zero attached hydrogens (tertiary/aromatic N) is 1. The van der Waals surface area contributed by atoms with Gasteiger partial charge < -0.3 is 15.1 Å². The van der Waals surface area contributed by atoms with Gasteiger partial charge in [0, 0.05) is 30.8 Å². The highest BCUT2D eigenvalue weighted by Crippen LogP contribution is 2.28. The first-order valence-electron chi connectivity index (χ1n) is 7.49. The van der Waals surface area contributed by atoms with Crippen LogP contribution in [0.4, 0.5) is 0 Å². The summed E-state index contributed by atoms with van der Waals surface area (Å²) >= 11 is 6.11. The normalized spacial score (nSPS) is 17.2. The van der Waals surface area contributed by atoms with E-state index in [-0.39, 0.29) is 6.61 Å². The van der Waals surface area contributed by atoms with Gasteiger partial charge in [-0.05, 0) is 37.3 Å². The second kappa shape index (κ2) is 7.99. The molecule has 0 radical (unpaired) electrons. The van der Waals surface area contributed by atoms with Gasteiger partial charge >= 0.3 is 0 Å². The van der Waals surface area contributed by atoms with Gasteiger partial charge in [0.1, 0.15) is 0 Å². The van der Waals surface area contributed by atoms with E-state index >= 15 is 0 Å². The molecule has 0 spiro atoms. The summed E-state index contributed by atoms with van der Waals surface area (Å²) in [7, 11) is 0. The topological polar surface area (TPSA) is 43.7 Å². The summed E-state index contributed by atoms with van der Waals surface area (Å²) in [5, 5.41) is 19.9. The summed E-state index contributed by atoms with van der Waals surface area (Å²) in [6.45, 7) is 2.00. The first-order valence-corrected chi connectivity index (χ1v) is 7.87. The average molecular weight is 298 g/mol. The predicted octanol–water partition coefficient (Wildman–Crippen LogP) is 3.00. The van der Waals surface area contributed by atoms with Crippen LogP contribution in [0.15, 0.2) is 24.3 Å². The van der Waals surface area contributed by atoms with Crippen molar-refractivity contribution in [2.45, 2.75) is 44.2 Å². The molecule has 1 aliphatic rings. The maximum Gasteiger partial charge on any atom is 0.0816 e. The first-order chi connectivity index (χ1) is 9.72. The molecular formula is C16H24ClNO2. The molecule has 112 valence electrons. The standard InChI is InChI=1S/C16H24ClNO2/c17-15-8-2-1-7-14(15)16(20)9-11-18(10-4-12-19)13-5-3-6-13/h1-2,7-8,13,16,19-20H,3-6,9-12H2. The molecule has 1 saturated carbocycles. The Hall–Kier alpha value is -0.610. The minimum Gasteiger partial charge on any atom is -0.396 e. The summed E-state index contributed by atoms with van der Waals surface area (Å²) in [4.78, 5) is 2.40. The van der Waals surface area contributed by atoms with E-state index in [2.05, 4.69) is 4.90 Å². The molecule has 3 nitrogen and oxygen atoms in total. The molecule has 1 unspecified atom stereocenters. The van der Waals surface area contributed by atoms with Gasteiger partial charge in [-0.15, -0.1) is 0 Å². The Morgan fingerprint density at radius 3 is 2.60 bits per heavy atom. The van der Waals surface area contributed by atoms with Crippen molar-refractivity contribution in [1.82, 2.24) is 4.90 Å². The molecule has 20 heavy (non-hydrogen) atoms. The van der Waals surface area contributed by atoms with Crippen LogP contribution < -0.4 is 0 Å². The van der Waals surface area contributed by atoms with E-state index in [1.54, 1.807) is 0 Å². The Labute approximate surface area is 126 Å². The van der Waals surface area contributed by atoms with Crippen LogP contribution in [0, 0.1) is 0 Å². The van der Waals surface area contributed by atoms with Gasteiger partial charge in [0.25, 0.3) is 0 Å². The highest BCUT2D eigenvalue weighted by molar-refractivity contribution is 6.31. The molecule has 2 rings (SSSR count). The molecule has 1 aromatic rings. The Bertz CT molecular complexity index is 409. The number of benzene rings is 1. The third-order valence-corrected chi connectivity index (χ3v) is 4.49. The molecular weight excluding hydrogens is 274 g/mol. The molecule has 4 heteroatoms. The molecule has 0 bridgehead atoms. The fourth-order valence-electron chi connectivity index (χ4n) is 2.69. The Morgan fingerprint density at radius 1 is 1.25 bits per heavy atom. The molecule has 1 fully saturated rings. The molecule has 1 atom stereocenters. The Kier molecular flexibility index (Phi) is 6.30. The van der Waals surface area contributed by atoms with Crippen LogP contribution in [0.1, 0.15) is 43.8 Å². The van der Waals surface area contributed by atoms with Crippen molar-refractivity contribution in [2.75, 3.05) is 19.7 Å². The second-order valence-corrected chi connectivity index (χ2v) is 5.93. The zero-order chi connectivity index (χ0) is 14.4. The lowest BCUT2D eigenvalue weighted by molar-refractivity contribution is 0.0864. The van der Waals surface area contributed by atoms with Crippen molar-refractivity contribution in [3.8, 4) is 0 Å². The van der Waals surface area contributed by atoms with E-state index in [0.717, 1.165) is 25.1 Å². The van der Waals surface area contributed by atoms with Crippen molar-refractivity contribution in [2.24, 2.45) is 0 Å². The number of rotatable bonds is 8. The predicted molar refractivity (Wildman–Crippen MR) is 81.9 cm³/mol. The summed E-state index contributed by atoms with van der Waals surface area (Å²) in [5.41, 5.74) is 0.810. The zero-order valence-corrected chi connectivity index (χ0v) is 12.6. The van der Waals surface area contributed by atoms with Crippen LogP contribution in [0.2, 0.25) is 5.02 Å². The zero-order valence-electron chi connectivity index (χ0n) is 11.8. The van der Waals surface area contributed by atoms with Crippen LogP contribution in [-0.2, 0) is 0 Å². The fourth-order valence-corrected chi connectivity index (χ4v) is 2.95. The molecule has 0 amide bonds. The average Bonchev–Trinajstić information content (AvgIpc) is 2.39. The van der Waals surface area contributed by atoms with E-state index in [0.29, 0.717) is 17.5 Å². The lowest BCUT2D eigenvalue weighted by Crippen LogP contribution is -2.41. The highest BCUT2D eigenvalue weighted by Gasteiger charge is 2.25. The third kappa shape index (κ3) is 4.19. The third-order valence-electron chi connectivity index (χ3n) is 4.15. The van der Waals surface area contributed by atoms with Crippen molar-refractivity contribution >= 4 is 11.6 Å². The van der Waals surface area contributed by atoms with Gasteiger partial charge in [0.15, 0.2) is 0 Å². The molecule has 1 aliphatic carbocycles. The van der Waals surface area contributed by atoms with Crippen molar-refractivity contribution in [1.29, 1.82) is 0 Å². The van der Waals surface area contributed by atoms with Gasteiger partial charge in [-0.3, -0.25) is 0 Å². The van der Waals surface area contributed by atoms with Gasteiger partial charge in [-0.2, -0.15) is 0 Å². The monoisotopic (exact) mass is 297 g/mol. The van der Waals surface area contributed by atoms with Gasteiger partial charge in [0.05, 0.1) is 6.10 Å². The minimum absolute atomic E-state index is 0.232. The molecule has 0 aliphatic heterocycles. The molecule has 0 heterocycles. The number of aliphatic hydroxyl groups excluding tert-OH is 2. The molecule has 0 saturated heterocycles. The van der Waals surface area contributed by atoms with Crippen molar-refractivity contribution in [3.63, 3.8) is 0 Å². The van der Waals surface area contributed by atoms with Gasteiger partial charge in [-0.1, -0.05) is 36.2 Å². The van der Waals surface area contributed by atoms with Crippen LogP contribution >= 0.6 is 11.6 Å². The SMILES string of the molecule is OCCCN(CCC(O)c1ccccc1Cl)C1CCC1. The summed E-state index contributed by atoms with van der Waals surface area (Å²) in [6.07, 6.45) is 4.76. The number of hydrogen-bond donors (Lipinski definition) is 2. The second-order valence-electron chi connectivity index (χ2n) is 5.52. The summed E-state index contributed by atoms with van der Waals surface area (Å²) in [6, 6.07) is 8.12. The Morgan fingerprint density at radius 2 is 2.00 bits per heavy atom. The van der Waals surface area contributed by atoms with Gasteiger partial charge in [0.2, 0.25) is 0 Å². The van der Waals surface area contributed by atoms with Crippen LogP contribution in [-0.4, -0.2) is 40.9 Å². The maximum atomic E-state index is 10.3. The quantitative estimate of drug-likeness (QED) is 0.775. The van der Waals surface area contributed by atoms with E-state index in [9.17, 15) is 5.11 Å². The van der Waals surface area contributed by atoms with E-state index in [1.807, 2.05) is 24.3 Å². The largest absolute Gasteiger partial charge is 0.396 e. The Balaban J connectivity index is 1.86. The molecule has 2 N–H and O–H groups in total. The number of halogens is 1. The number of hydrogen-bond acceptors (Lipinski definition) is 3. The van der Waals surface area contributed by atoms with Crippen molar-refractivity contribution < 1.29 is 10.2 Å². The number of aliphatic hydroxyl groups is 2. The lowest BCUT2D eigenvalue weighted by atomic mass is 9.91. The van der Waals surface area contributed by atoms with E-state index < -0.39 is 6.10 Å². The maximum absolute atomic E-state index is 10.3. The van der Waals surface area contributed by atoms with Crippen LogP contribution in [0.5, 0.6) is 0 Å². The summed E-state index contributed by atoms with van der Waals surface area (Å²) < 4.78 is 0. The van der Waals surface area contributed by atoms with E-state index in [4.69, 9.17) is 16.7 Å². The fraction of sp³-hybridized carbons (Fsp3) is 0.625. The lowest BCUT2D eigenvalue weighted by Gasteiger charge is -2.38. The smallest absolute Gasteiger partial charge is 0.0816 e. The molecule has 0 aromatic heterocycles. The van der Waals surface area contributed by atoms with E-state index in [1.165, 1.54) is 19.3 Å². The summed E-state index contributed by atoms with van der Waals surface area (Å²) in [5.74, 6) is 0. The van der Waals surface area contributed by atoms with Crippen LogP contribution in [0.25, 0.3) is 0 Å². The van der Waals surface area contributed by atoms with Crippen LogP contribution in [0.3, 0.4) is 0 Å². The van der Waals surface area contributed by atoms with Gasteiger partial charge in [-0.25, -0.2) is 0 Å². The molecule has 1 aromatic carbocycles. The first kappa shape index (κ1) is 15.8. The highest BCUT2D eigenvalue weighted by atomic mass is 35.5. The minimum atomic E-state index is -0.514. The van der Waals surface area contributed by atoms with Crippen molar-refractivity contribution in [3.05, 3.63) is 34.9 Å².